The zero-order valence-corrected chi connectivity index (χ0v) is 9.60. The molecular weight excluding hydrogens is 222 g/mol. The highest BCUT2D eigenvalue weighted by Gasteiger charge is 2.04. The maximum atomic E-state index is 11.3. The van der Waals surface area contributed by atoms with Crippen LogP contribution in [0.5, 0.6) is 0 Å². The quantitative estimate of drug-likeness (QED) is 0.779. The Balaban J connectivity index is 2.20. The number of aromatic nitrogens is 1. The number of rotatable bonds is 5. The second-order valence-corrected chi connectivity index (χ2v) is 3.21. The van der Waals surface area contributed by atoms with Gasteiger partial charge in [0.25, 0.3) is 0 Å². The topological polar surface area (TPSA) is 80.3 Å². The first-order chi connectivity index (χ1) is 8.22. The second-order valence-electron chi connectivity index (χ2n) is 3.21. The smallest absolute Gasteiger partial charge is 0.407 e. The summed E-state index contributed by atoms with van der Waals surface area (Å²) in [5, 5.41) is 4.99. The van der Waals surface area contributed by atoms with Crippen LogP contribution in [0.1, 0.15) is 12.5 Å². The van der Waals surface area contributed by atoms with Crippen molar-refractivity contribution in [3.8, 4) is 0 Å². The molecule has 0 bridgehead atoms. The molecular formula is C11H15N3O3. The van der Waals surface area contributed by atoms with Gasteiger partial charge in [-0.2, -0.15) is 0 Å². The van der Waals surface area contributed by atoms with Crippen molar-refractivity contribution < 1.29 is 14.3 Å². The molecule has 17 heavy (non-hydrogen) atoms. The minimum atomic E-state index is -0.591. The van der Waals surface area contributed by atoms with Crippen LogP contribution in [-0.2, 0) is 16.1 Å². The van der Waals surface area contributed by atoms with E-state index < -0.39 is 6.09 Å². The number of alkyl carbamates (subject to hydrolysis) is 1. The normalized spacial score (nSPS) is 9.47. The van der Waals surface area contributed by atoms with E-state index in [1.807, 2.05) is 0 Å². The van der Waals surface area contributed by atoms with Gasteiger partial charge < -0.3 is 15.4 Å². The number of hydrogen-bond donors (Lipinski definition) is 2. The number of hydrogen-bond acceptors (Lipinski definition) is 4. The van der Waals surface area contributed by atoms with E-state index in [0.29, 0.717) is 6.54 Å². The molecule has 0 aliphatic carbocycles. The Bertz CT molecular complexity index is 367. The Hall–Kier alpha value is -2.11. The van der Waals surface area contributed by atoms with Crippen LogP contribution in [0, 0.1) is 0 Å². The van der Waals surface area contributed by atoms with Gasteiger partial charge in [-0.15, -0.1) is 0 Å². The predicted molar refractivity (Wildman–Crippen MR) is 61.1 cm³/mol. The van der Waals surface area contributed by atoms with Crippen LogP contribution in [0.25, 0.3) is 0 Å². The maximum Gasteiger partial charge on any atom is 0.407 e. The van der Waals surface area contributed by atoms with Gasteiger partial charge in [0.05, 0.1) is 6.61 Å². The Morgan fingerprint density at radius 3 is 2.65 bits per heavy atom. The van der Waals surface area contributed by atoms with Crippen LogP contribution < -0.4 is 10.6 Å². The zero-order chi connectivity index (χ0) is 12.5. The Morgan fingerprint density at radius 2 is 2.00 bits per heavy atom. The van der Waals surface area contributed by atoms with E-state index in [-0.39, 0.29) is 19.1 Å². The highest BCUT2D eigenvalue weighted by molar-refractivity contribution is 5.82. The number of nitrogens with zero attached hydrogens (tertiary/aromatic N) is 1. The molecule has 2 amide bonds. The molecule has 6 heteroatoms. The summed E-state index contributed by atoms with van der Waals surface area (Å²) in [4.78, 5) is 26.1. The van der Waals surface area contributed by atoms with E-state index >= 15 is 0 Å². The van der Waals surface area contributed by atoms with Gasteiger partial charge in [0.15, 0.2) is 0 Å². The molecule has 0 spiro atoms. The molecule has 0 aromatic carbocycles. The molecule has 0 unspecified atom stereocenters. The third-order valence-electron chi connectivity index (χ3n) is 1.91. The zero-order valence-electron chi connectivity index (χ0n) is 9.60. The SMILES string of the molecule is CCOC(=O)NCC(=O)NCc1ccncc1. The molecule has 0 aliphatic heterocycles. The molecule has 1 heterocycles. The van der Waals surface area contributed by atoms with Crippen LogP contribution in [0.3, 0.4) is 0 Å². The van der Waals surface area contributed by atoms with Crippen molar-refractivity contribution in [3.63, 3.8) is 0 Å². The Kier molecular flexibility index (Phi) is 5.50. The summed E-state index contributed by atoms with van der Waals surface area (Å²) in [7, 11) is 0. The van der Waals surface area contributed by atoms with Crippen molar-refractivity contribution in [2.75, 3.05) is 13.2 Å². The molecule has 0 aliphatic rings. The van der Waals surface area contributed by atoms with Crippen molar-refractivity contribution in [2.45, 2.75) is 13.5 Å². The largest absolute Gasteiger partial charge is 0.450 e. The number of ether oxygens (including phenoxy) is 1. The van der Waals surface area contributed by atoms with Crippen molar-refractivity contribution >= 4 is 12.0 Å². The summed E-state index contributed by atoms with van der Waals surface area (Å²) in [5.74, 6) is -0.269. The van der Waals surface area contributed by atoms with Crippen LogP contribution >= 0.6 is 0 Å². The molecule has 0 saturated carbocycles. The fraction of sp³-hybridized carbons (Fsp3) is 0.364. The van der Waals surface area contributed by atoms with Gasteiger partial charge >= 0.3 is 6.09 Å². The fourth-order valence-electron chi connectivity index (χ4n) is 1.10. The van der Waals surface area contributed by atoms with Crippen molar-refractivity contribution in [1.29, 1.82) is 0 Å². The molecule has 92 valence electrons. The lowest BCUT2D eigenvalue weighted by Gasteiger charge is -2.06. The molecule has 1 aromatic heterocycles. The summed E-state index contributed by atoms with van der Waals surface area (Å²) < 4.78 is 4.62. The van der Waals surface area contributed by atoms with Crippen LogP contribution in [0.2, 0.25) is 0 Å². The number of carbonyl (C=O) groups is 2. The second kappa shape index (κ2) is 7.21. The van der Waals surface area contributed by atoms with Crippen LogP contribution in [-0.4, -0.2) is 30.1 Å². The fourth-order valence-corrected chi connectivity index (χ4v) is 1.10. The number of amides is 2. The van der Waals surface area contributed by atoms with Gasteiger partial charge in [-0.3, -0.25) is 9.78 Å². The lowest BCUT2D eigenvalue weighted by atomic mass is 10.3. The summed E-state index contributed by atoms with van der Waals surface area (Å²) in [6.45, 7) is 2.29. The monoisotopic (exact) mass is 237 g/mol. The molecule has 0 atom stereocenters. The highest BCUT2D eigenvalue weighted by Crippen LogP contribution is 1.94. The van der Waals surface area contributed by atoms with Crippen molar-refractivity contribution in [2.24, 2.45) is 0 Å². The number of carbonyl (C=O) groups excluding carboxylic acids is 2. The third-order valence-corrected chi connectivity index (χ3v) is 1.91. The standard InChI is InChI=1S/C11H15N3O3/c1-2-17-11(16)14-8-10(15)13-7-9-3-5-12-6-4-9/h3-6H,2,7-8H2,1H3,(H,13,15)(H,14,16). The summed E-state index contributed by atoms with van der Waals surface area (Å²) in [5.41, 5.74) is 0.949. The van der Waals surface area contributed by atoms with E-state index in [9.17, 15) is 9.59 Å². The first kappa shape index (κ1) is 13.0. The first-order valence-corrected chi connectivity index (χ1v) is 5.28. The average molecular weight is 237 g/mol. The van der Waals surface area contributed by atoms with E-state index in [0.717, 1.165) is 5.56 Å². The van der Waals surface area contributed by atoms with E-state index in [1.165, 1.54) is 0 Å². The van der Waals surface area contributed by atoms with Gasteiger partial charge in [0.1, 0.15) is 6.54 Å². The summed E-state index contributed by atoms with van der Waals surface area (Å²) in [6, 6.07) is 3.61. The molecule has 0 saturated heterocycles. The van der Waals surface area contributed by atoms with Gasteiger partial charge in [-0.25, -0.2) is 4.79 Å². The van der Waals surface area contributed by atoms with Crippen molar-refractivity contribution in [3.05, 3.63) is 30.1 Å². The van der Waals surface area contributed by atoms with Gasteiger partial charge in [-0.1, -0.05) is 0 Å². The molecule has 6 nitrogen and oxygen atoms in total. The lowest BCUT2D eigenvalue weighted by Crippen LogP contribution is -2.36. The van der Waals surface area contributed by atoms with Gasteiger partial charge in [-0.05, 0) is 24.6 Å². The average Bonchev–Trinajstić information content (AvgIpc) is 2.35. The number of nitrogens with one attached hydrogen (secondary N) is 2. The number of pyridine rings is 1. The predicted octanol–water partition coefficient (Wildman–Crippen LogP) is 0.444. The van der Waals surface area contributed by atoms with Crippen LogP contribution in [0.15, 0.2) is 24.5 Å². The summed E-state index contributed by atoms with van der Waals surface area (Å²) in [6.07, 6.45) is 2.71. The van der Waals surface area contributed by atoms with E-state index in [2.05, 4.69) is 20.4 Å². The lowest BCUT2D eigenvalue weighted by molar-refractivity contribution is -0.120. The van der Waals surface area contributed by atoms with Gasteiger partial charge in [0, 0.05) is 18.9 Å². The Morgan fingerprint density at radius 1 is 1.29 bits per heavy atom. The van der Waals surface area contributed by atoms with Crippen LogP contribution in [0.4, 0.5) is 4.79 Å². The van der Waals surface area contributed by atoms with E-state index in [1.54, 1.807) is 31.5 Å². The molecule has 0 radical (unpaired) electrons. The third kappa shape index (κ3) is 5.50. The summed E-state index contributed by atoms with van der Waals surface area (Å²) >= 11 is 0. The van der Waals surface area contributed by atoms with E-state index in [4.69, 9.17) is 0 Å². The molecule has 1 aromatic rings. The Labute approximate surface area is 99.4 Å². The molecule has 2 N–H and O–H groups in total. The highest BCUT2D eigenvalue weighted by atomic mass is 16.5. The minimum absolute atomic E-state index is 0.0933. The molecule has 1 rings (SSSR count). The minimum Gasteiger partial charge on any atom is -0.450 e. The van der Waals surface area contributed by atoms with Crippen molar-refractivity contribution in [1.82, 2.24) is 15.6 Å². The first-order valence-electron chi connectivity index (χ1n) is 5.28. The molecule has 0 fully saturated rings. The maximum absolute atomic E-state index is 11.3. The van der Waals surface area contributed by atoms with Gasteiger partial charge in [0.2, 0.25) is 5.91 Å².